The van der Waals surface area contributed by atoms with Crippen molar-refractivity contribution in [3.8, 4) is 0 Å². The molecular formula is C13H9BrFNO3. The molecule has 0 amide bonds. The Balaban J connectivity index is 2.51. The summed E-state index contributed by atoms with van der Waals surface area (Å²) < 4.78 is 15.3. The number of ketones is 1. The summed E-state index contributed by atoms with van der Waals surface area (Å²) in [5.41, 5.74) is -0.00782. The van der Waals surface area contributed by atoms with E-state index in [1.54, 1.807) is 6.07 Å². The largest absolute Gasteiger partial charge is 0.477 e. The molecule has 98 valence electrons. The zero-order valence-electron chi connectivity index (χ0n) is 9.85. The lowest BCUT2D eigenvalue weighted by Gasteiger charge is -2.03. The van der Waals surface area contributed by atoms with Crippen LogP contribution in [-0.2, 0) is 7.05 Å². The Kier molecular flexibility index (Phi) is 3.53. The number of carbonyl (C=O) groups is 2. The van der Waals surface area contributed by atoms with E-state index in [-0.39, 0.29) is 16.8 Å². The third-order valence-electron chi connectivity index (χ3n) is 2.68. The first-order chi connectivity index (χ1) is 8.91. The van der Waals surface area contributed by atoms with E-state index in [4.69, 9.17) is 5.11 Å². The average molecular weight is 326 g/mol. The third kappa shape index (κ3) is 2.44. The van der Waals surface area contributed by atoms with Crippen molar-refractivity contribution in [1.29, 1.82) is 0 Å². The molecule has 0 aliphatic carbocycles. The Bertz CT molecular complexity index is 658. The quantitative estimate of drug-likeness (QED) is 0.883. The second kappa shape index (κ2) is 4.97. The summed E-state index contributed by atoms with van der Waals surface area (Å²) in [6, 6.07) is 5.43. The van der Waals surface area contributed by atoms with Crippen molar-refractivity contribution < 1.29 is 19.1 Å². The standard InChI is InChI=1S/C13H9BrFNO3/c1-16-6-7(5-10(16)13(18)19)12(17)11-8(14)3-2-4-9(11)15/h2-6H,1H3,(H,18,19). The van der Waals surface area contributed by atoms with Gasteiger partial charge in [-0.2, -0.15) is 0 Å². The Labute approximate surface area is 116 Å². The van der Waals surface area contributed by atoms with Gasteiger partial charge in [0, 0.05) is 23.3 Å². The van der Waals surface area contributed by atoms with Crippen LogP contribution >= 0.6 is 15.9 Å². The lowest BCUT2D eigenvalue weighted by atomic mass is 10.1. The summed E-state index contributed by atoms with van der Waals surface area (Å²) in [5, 5.41) is 8.93. The second-order valence-electron chi connectivity index (χ2n) is 3.96. The molecule has 1 N–H and O–H groups in total. The maximum Gasteiger partial charge on any atom is 0.352 e. The van der Waals surface area contributed by atoms with E-state index < -0.39 is 17.6 Å². The molecular weight excluding hydrogens is 317 g/mol. The molecule has 0 aliphatic rings. The van der Waals surface area contributed by atoms with Crippen molar-refractivity contribution in [2.75, 3.05) is 0 Å². The number of rotatable bonds is 3. The number of nitrogens with zero attached hydrogens (tertiary/aromatic N) is 1. The summed E-state index contributed by atoms with van der Waals surface area (Å²) in [5.74, 6) is -2.36. The molecule has 0 aliphatic heterocycles. The van der Waals surface area contributed by atoms with Crippen LogP contribution in [0.2, 0.25) is 0 Å². The molecule has 1 aromatic carbocycles. The van der Waals surface area contributed by atoms with E-state index >= 15 is 0 Å². The fourth-order valence-electron chi connectivity index (χ4n) is 1.76. The van der Waals surface area contributed by atoms with Crippen LogP contribution in [0.25, 0.3) is 0 Å². The molecule has 1 aromatic heterocycles. The molecule has 0 atom stereocenters. The molecule has 6 heteroatoms. The zero-order chi connectivity index (χ0) is 14.2. The number of carboxylic acid groups (broad SMARTS) is 1. The van der Waals surface area contributed by atoms with E-state index in [0.29, 0.717) is 4.47 Å². The van der Waals surface area contributed by atoms with Crippen molar-refractivity contribution >= 4 is 27.7 Å². The number of hydrogen-bond donors (Lipinski definition) is 1. The maximum absolute atomic E-state index is 13.7. The maximum atomic E-state index is 13.7. The van der Waals surface area contributed by atoms with Crippen molar-refractivity contribution in [1.82, 2.24) is 4.57 Å². The number of aromatic carboxylic acids is 1. The van der Waals surface area contributed by atoms with E-state index in [2.05, 4.69) is 15.9 Å². The van der Waals surface area contributed by atoms with Gasteiger partial charge < -0.3 is 9.67 Å². The molecule has 0 fully saturated rings. The van der Waals surface area contributed by atoms with Gasteiger partial charge in [-0.1, -0.05) is 6.07 Å². The van der Waals surface area contributed by atoms with Crippen LogP contribution in [-0.4, -0.2) is 21.4 Å². The van der Waals surface area contributed by atoms with Crippen molar-refractivity contribution in [2.24, 2.45) is 7.05 Å². The monoisotopic (exact) mass is 325 g/mol. The average Bonchev–Trinajstić information content (AvgIpc) is 2.71. The molecule has 0 saturated heterocycles. The Morgan fingerprint density at radius 2 is 2.05 bits per heavy atom. The van der Waals surface area contributed by atoms with Crippen LogP contribution in [0.1, 0.15) is 26.4 Å². The predicted molar refractivity (Wildman–Crippen MR) is 69.9 cm³/mol. The van der Waals surface area contributed by atoms with Crippen LogP contribution in [0.15, 0.2) is 34.9 Å². The summed E-state index contributed by atoms with van der Waals surface area (Å²) >= 11 is 3.12. The van der Waals surface area contributed by atoms with Crippen molar-refractivity contribution in [3.63, 3.8) is 0 Å². The normalized spacial score (nSPS) is 10.5. The van der Waals surface area contributed by atoms with Crippen molar-refractivity contribution in [2.45, 2.75) is 0 Å². The predicted octanol–water partition coefficient (Wildman–Crippen LogP) is 2.86. The van der Waals surface area contributed by atoms with E-state index in [1.807, 2.05) is 0 Å². The Morgan fingerprint density at radius 3 is 2.58 bits per heavy atom. The van der Waals surface area contributed by atoms with E-state index in [1.165, 1.54) is 36.0 Å². The molecule has 2 aromatic rings. The molecule has 0 unspecified atom stereocenters. The van der Waals surface area contributed by atoms with Gasteiger partial charge in [0.15, 0.2) is 5.78 Å². The van der Waals surface area contributed by atoms with Crippen LogP contribution in [0.3, 0.4) is 0 Å². The second-order valence-corrected chi connectivity index (χ2v) is 4.81. The lowest BCUT2D eigenvalue weighted by molar-refractivity contribution is 0.0686. The summed E-state index contributed by atoms with van der Waals surface area (Å²) in [6.45, 7) is 0. The number of hydrogen-bond acceptors (Lipinski definition) is 2. The van der Waals surface area contributed by atoms with Gasteiger partial charge in [0.05, 0.1) is 5.56 Å². The number of carbonyl (C=O) groups excluding carboxylic acids is 1. The van der Waals surface area contributed by atoms with Gasteiger partial charge in [-0.3, -0.25) is 4.79 Å². The highest BCUT2D eigenvalue weighted by Crippen LogP contribution is 2.23. The Hall–Kier alpha value is -1.95. The molecule has 0 spiro atoms. The molecule has 0 saturated carbocycles. The highest BCUT2D eigenvalue weighted by Gasteiger charge is 2.20. The molecule has 4 nitrogen and oxygen atoms in total. The highest BCUT2D eigenvalue weighted by atomic mass is 79.9. The first-order valence-corrected chi connectivity index (χ1v) is 6.09. The minimum atomic E-state index is -1.14. The van der Waals surface area contributed by atoms with Gasteiger partial charge in [0.2, 0.25) is 0 Å². The molecule has 1 heterocycles. The summed E-state index contributed by atoms with van der Waals surface area (Å²) in [7, 11) is 1.51. The minimum absolute atomic E-state index is 0.0317. The lowest BCUT2D eigenvalue weighted by Crippen LogP contribution is -2.04. The summed E-state index contributed by atoms with van der Waals surface area (Å²) in [6.07, 6.45) is 1.37. The number of halogens is 2. The van der Waals surface area contributed by atoms with Gasteiger partial charge >= 0.3 is 5.97 Å². The number of benzene rings is 1. The van der Waals surface area contributed by atoms with Gasteiger partial charge in [0.1, 0.15) is 11.5 Å². The van der Waals surface area contributed by atoms with Gasteiger partial charge in [-0.25, -0.2) is 9.18 Å². The number of aryl methyl sites for hydroxylation is 1. The fraction of sp³-hybridized carbons (Fsp3) is 0.0769. The fourth-order valence-corrected chi connectivity index (χ4v) is 2.28. The van der Waals surface area contributed by atoms with Crippen molar-refractivity contribution in [3.05, 3.63) is 57.6 Å². The smallest absolute Gasteiger partial charge is 0.352 e. The molecule has 19 heavy (non-hydrogen) atoms. The first-order valence-electron chi connectivity index (χ1n) is 5.30. The molecule has 0 bridgehead atoms. The van der Waals surface area contributed by atoms with Crippen LogP contribution in [0.5, 0.6) is 0 Å². The number of carboxylic acids is 1. The summed E-state index contributed by atoms with van der Waals surface area (Å²) in [4.78, 5) is 23.1. The van der Waals surface area contributed by atoms with Gasteiger partial charge in [-0.05, 0) is 34.1 Å². The Morgan fingerprint density at radius 1 is 1.37 bits per heavy atom. The third-order valence-corrected chi connectivity index (χ3v) is 3.34. The van der Waals surface area contributed by atoms with Gasteiger partial charge in [0.25, 0.3) is 0 Å². The molecule has 2 rings (SSSR count). The number of aromatic nitrogens is 1. The highest BCUT2D eigenvalue weighted by molar-refractivity contribution is 9.10. The zero-order valence-corrected chi connectivity index (χ0v) is 11.4. The van der Waals surface area contributed by atoms with E-state index in [0.717, 1.165) is 0 Å². The SMILES string of the molecule is Cn1cc(C(=O)c2c(F)cccc2Br)cc1C(=O)O. The molecule has 0 radical (unpaired) electrons. The van der Waals surface area contributed by atoms with E-state index in [9.17, 15) is 14.0 Å². The van der Waals surface area contributed by atoms with Crippen LogP contribution in [0.4, 0.5) is 4.39 Å². The van der Waals surface area contributed by atoms with Crippen LogP contribution in [0, 0.1) is 5.82 Å². The van der Waals surface area contributed by atoms with Gasteiger partial charge in [-0.15, -0.1) is 0 Å². The van der Waals surface area contributed by atoms with Crippen LogP contribution < -0.4 is 0 Å². The first kappa shape index (κ1) is 13.5. The topological polar surface area (TPSA) is 59.3 Å². The minimum Gasteiger partial charge on any atom is -0.477 e.